The zero-order valence-electron chi connectivity index (χ0n) is 11.0. The normalized spacial score (nSPS) is 10.8. The zero-order valence-corrected chi connectivity index (χ0v) is 11.0. The van der Waals surface area contributed by atoms with E-state index in [9.17, 15) is 8.78 Å². The summed E-state index contributed by atoms with van der Waals surface area (Å²) in [4.78, 5) is 4.25. The van der Waals surface area contributed by atoms with Gasteiger partial charge in [0.2, 0.25) is 0 Å². The molecule has 0 amide bonds. The zero-order chi connectivity index (χ0) is 14.8. The van der Waals surface area contributed by atoms with Crippen LogP contribution in [0.25, 0.3) is 11.4 Å². The van der Waals surface area contributed by atoms with Crippen molar-refractivity contribution in [3.8, 4) is 11.4 Å². The van der Waals surface area contributed by atoms with Crippen molar-refractivity contribution in [3.05, 3.63) is 65.5 Å². The summed E-state index contributed by atoms with van der Waals surface area (Å²) in [7, 11) is 0. The van der Waals surface area contributed by atoms with Crippen molar-refractivity contribution in [2.24, 2.45) is 0 Å². The van der Waals surface area contributed by atoms with Crippen LogP contribution in [0.1, 0.15) is 11.4 Å². The minimum absolute atomic E-state index is 0.263. The number of hydrogen-bond donors (Lipinski definition) is 2. The molecule has 0 bridgehead atoms. The molecule has 0 saturated carbocycles. The number of halogens is 2. The Morgan fingerprint density at radius 3 is 2.33 bits per heavy atom. The monoisotopic (exact) mass is 286 g/mol. The van der Waals surface area contributed by atoms with E-state index in [0.717, 1.165) is 11.6 Å². The lowest BCUT2D eigenvalue weighted by atomic mass is 10.1. The number of benzene rings is 2. The summed E-state index contributed by atoms with van der Waals surface area (Å²) in [5, 5.41) is 6.76. The van der Waals surface area contributed by atoms with Crippen LogP contribution in [-0.2, 0) is 6.42 Å². The van der Waals surface area contributed by atoms with Gasteiger partial charge in [-0.15, -0.1) is 0 Å². The Kier molecular flexibility index (Phi) is 3.35. The summed E-state index contributed by atoms with van der Waals surface area (Å²) in [6.07, 6.45) is 0.533. The van der Waals surface area contributed by atoms with Crippen molar-refractivity contribution in [1.29, 1.82) is 0 Å². The Bertz CT molecular complexity index is 745. The number of nitrogen functional groups attached to an aromatic ring is 1. The van der Waals surface area contributed by atoms with E-state index in [1.807, 2.05) is 12.1 Å². The molecule has 0 aliphatic rings. The Hall–Kier alpha value is -2.76. The Morgan fingerprint density at radius 1 is 1.00 bits per heavy atom. The molecule has 3 rings (SSSR count). The fourth-order valence-corrected chi connectivity index (χ4v) is 2.02. The van der Waals surface area contributed by atoms with Crippen LogP contribution in [0.2, 0.25) is 0 Å². The summed E-state index contributed by atoms with van der Waals surface area (Å²) >= 11 is 0. The molecule has 2 aromatic carbocycles. The summed E-state index contributed by atoms with van der Waals surface area (Å²) in [6.45, 7) is 0. The summed E-state index contributed by atoms with van der Waals surface area (Å²) in [5.74, 6) is -0.442. The van der Waals surface area contributed by atoms with Crippen LogP contribution in [0.5, 0.6) is 0 Å². The van der Waals surface area contributed by atoms with Gasteiger partial charge < -0.3 is 5.73 Å². The topological polar surface area (TPSA) is 67.6 Å². The molecule has 0 radical (unpaired) electrons. The van der Waals surface area contributed by atoms with Crippen LogP contribution >= 0.6 is 0 Å². The fourth-order valence-electron chi connectivity index (χ4n) is 2.02. The molecular formula is C15H12F2N4. The maximum absolute atomic E-state index is 13.2. The maximum atomic E-state index is 13.2. The SMILES string of the molecule is Nc1ccc(Cc2nc(-c3cc(F)cc(F)c3)n[nH]2)cc1. The number of anilines is 1. The minimum atomic E-state index is -0.658. The van der Waals surface area contributed by atoms with E-state index < -0.39 is 11.6 Å². The van der Waals surface area contributed by atoms with Crippen molar-refractivity contribution < 1.29 is 8.78 Å². The summed E-state index contributed by atoms with van der Waals surface area (Å²) < 4.78 is 26.4. The van der Waals surface area contributed by atoms with Crippen LogP contribution in [0, 0.1) is 11.6 Å². The molecule has 21 heavy (non-hydrogen) atoms. The van der Waals surface area contributed by atoms with Gasteiger partial charge in [-0.3, -0.25) is 5.10 Å². The number of aromatic nitrogens is 3. The van der Waals surface area contributed by atoms with Crippen molar-refractivity contribution in [2.75, 3.05) is 5.73 Å². The second kappa shape index (κ2) is 5.32. The smallest absolute Gasteiger partial charge is 0.181 e. The molecule has 0 fully saturated rings. The second-order valence-corrected chi connectivity index (χ2v) is 4.68. The highest BCUT2D eigenvalue weighted by Crippen LogP contribution is 2.18. The predicted molar refractivity (Wildman–Crippen MR) is 75.4 cm³/mol. The van der Waals surface area contributed by atoms with Gasteiger partial charge in [-0.2, -0.15) is 5.10 Å². The molecule has 0 aliphatic carbocycles. The Balaban J connectivity index is 1.84. The van der Waals surface area contributed by atoms with Crippen molar-refractivity contribution >= 4 is 5.69 Å². The lowest BCUT2D eigenvalue weighted by molar-refractivity contribution is 0.584. The molecule has 0 atom stereocenters. The third-order valence-corrected chi connectivity index (χ3v) is 3.00. The van der Waals surface area contributed by atoms with Gasteiger partial charge in [-0.05, 0) is 29.8 Å². The van der Waals surface area contributed by atoms with Gasteiger partial charge in [-0.1, -0.05) is 12.1 Å². The number of H-pyrrole nitrogens is 1. The highest BCUT2D eigenvalue weighted by Gasteiger charge is 2.09. The first kappa shape index (κ1) is 13.2. The molecule has 1 aromatic heterocycles. The number of aromatic amines is 1. The van der Waals surface area contributed by atoms with Crippen molar-refractivity contribution in [1.82, 2.24) is 15.2 Å². The average Bonchev–Trinajstić information content (AvgIpc) is 2.89. The van der Waals surface area contributed by atoms with Gasteiger partial charge >= 0.3 is 0 Å². The lowest BCUT2D eigenvalue weighted by Gasteiger charge is -1.98. The van der Waals surface area contributed by atoms with Crippen LogP contribution in [0.4, 0.5) is 14.5 Å². The number of nitrogens with one attached hydrogen (secondary N) is 1. The highest BCUT2D eigenvalue weighted by molar-refractivity contribution is 5.54. The Morgan fingerprint density at radius 2 is 1.67 bits per heavy atom. The van der Waals surface area contributed by atoms with Gasteiger partial charge in [0.1, 0.15) is 17.5 Å². The molecule has 4 nitrogen and oxygen atoms in total. The number of hydrogen-bond acceptors (Lipinski definition) is 3. The number of nitrogens with zero attached hydrogens (tertiary/aromatic N) is 2. The quantitative estimate of drug-likeness (QED) is 0.727. The molecule has 6 heteroatoms. The fraction of sp³-hybridized carbons (Fsp3) is 0.0667. The average molecular weight is 286 g/mol. The predicted octanol–water partition coefficient (Wildman–Crippen LogP) is 2.92. The standard InChI is InChI=1S/C15H12F2N4/c16-11-6-10(7-12(17)8-11)15-19-14(20-21-15)5-9-1-3-13(18)4-2-9/h1-4,6-8H,5,18H2,(H,19,20,21). The number of rotatable bonds is 3. The summed E-state index contributed by atoms with van der Waals surface area (Å²) in [5.41, 5.74) is 7.62. The minimum Gasteiger partial charge on any atom is -0.399 e. The van der Waals surface area contributed by atoms with E-state index in [2.05, 4.69) is 15.2 Å². The molecule has 0 saturated heterocycles. The molecule has 0 aliphatic heterocycles. The largest absolute Gasteiger partial charge is 0.399 e. The molecular weight excluding hydrogens is 274 g/mol. The number of nitrogens with two attached hydrogens (primary N) is 1. The van der Waals surface area contributed by atoms with Gasteiger partial charge in [0.05, 0.1) is 0 Å². The molecule has 0 unspecified atom stereocenters. The van der Waals surface area contributed by atoms with Crippen LogP contribution in [0.3, 0.4) is 0 Å². The molecule has 106 valence electrons. The van der Waals surface area contributed by atoms with Crippen molar-refractivity contribution in [2.45, 2.75) is 6.42 Å². The summed E-state index contributed by atoms with van der Waals surface area (Å²) in [6, 6.07) is 10.6. The van der Waals surface area contributed by atoms with E-state index in [1.165, 1.54) is 12.1 Å². The molecule has 3 aromatic rings. The van der Waals surface area contributed by atoms with Crippen LogP contribution in [0.15, 0.2) is 42.5 Å². The lowest BCUT2D eigenvalue weighted by Crippen LogP contribution is -1.92. The first-order chi connectivity index (χ1) is 10.1. The van der Waals surface area contributed by atoms with Gasteiger partial charge in [0.25, 0.3) is 0 Å². The van der Waals surface area contributed by atoms with Gasteiger partial charge in [0, 0.05) is 23.7 Å². The first-order valence-corrected chi connectivity index (χ1v) is 6.32. The van der Waals surface area contributed by atoms with Gasteiger partial charge in [-0.25, -0.2) is 13.8 Å². The van der Waals surface area contributed by atoms with Crippen molar-refractivity contribution in [3.63, 3.8) is 0 Å². The van der Waals surface area contributed by atoms with Crippen LogP contribution in [-0.4, -0.2) is 15.2 Å². The van der Waals surface area contributed by atoms with Crippen LogP contribution < -0.4 is 5.73 Å². The van der Waals surface area contributed by atoms with E-state index >= 15 is 0 Å². The van der Waals surface area contributed by atoms with E-state index in [0.29, 0.717) is 23.5 Å². The first-order valence-electron chi connectivity index (χ1n) is 6.32. The Labute approximate surface area is 119 Å². The third kappa shape index (κ3) is 3.05. The van der Waals surface area contributed by atoms with E-state index in [-0.39, 0.29) is 5.82 Å². The maximum Gasteiger partial charge on any atom is 0.181 e. The third-order valence-electron chi connectivity index (χ3n) is 3.00. The van der Waals surface area contributed by atoms with E-state index in [1.54, 1.807) is 12.1 Å². The molecule has 1 heterocycles. The van der Waals surface area contributed by atoms with E-state index in [4.69, 9.17) is 5.73 Å². The molecule has 3 N–H and O–H groups in total. The highest BCUT2D eigenvalue weighted by atomic mass is 19.1. The second-order valence-electron chi connectivity index (χ2n) is 4.68. The molecule has 0 spiro atoms. The van der Waals surface area contributed by atoms with Gasteiger partial charge in [0.15, 0.2) is 5.82 Å².